The molecule has 2 fully saturated rings. The normalized spacial score (nSPS) is 19.9. The van der Waals surface area contributed by atoms with Gasteiger partial charge in [-0.3, -0.25) is 9.30 Å². The quantitative estimate of drug-likeness (QED) is 0.392. The molecule has 1 N–H and O–H groups in total. The zero-order valence-corrected chi connectivity index (χ0v) is 20.5. The number of piperazine rings is 1. The van der Waals surface area contributed by atoms with E-state index in [1.54, 1.807) is 12.3 Å². The van der Waals surface area contributed by atoms with Gasteiger partial charge in [-0.1, -0.05) is 47.5 Å². The van der Waals surface area contributed by atoms with E-state index < -0.39 is 0 Å². The van der Waals surface area contributed by atoms with Crippen LogP contribution >= 0.6 is 23.2 Å². The summed E-state index contributed by atoms with van der Waals surface area (Å²) in [4.78, 5) is 26.9. The number of hydrogen-bond acceptors (Lipinski definition) is 4. The lowest BCUT2D eigenvalue weighted by atomic mass is 10.1. The lowest BCUT2D eigenvalue weighted by Crippen LogP contribution is -2.56. The Morgan fingerprint density at radius 3 is 2.49 bits per heavy atom. The summed E-state index contributed by atoms with van der Waals surface area (Å²) in [5, 5.41) is 4.24. The van der Waals surface area contributed by atoms with Crippen molar-refractivity contribution in [3.05, 3.63) is 82.7 Å². The number of nitrogens with one attached hydrogen (secondary N) is 1. The number of para-hydroxylation sites is 1. The standard InChI is InChI=1S/C26H24Cl2N6O/c27-18-8-6-17(7-9-18)24-23(33-13-3-12-29-25(33)31-24)16-32-14-19-10-11-20(15-32)34(19)26(35)30-22-5-2-1-4-21(22)28/h1-9,12-13,19-20H,10-11,14-16H2,(H,30,35). The van der Waals surface area contributed by atoms with Crippen molar-refractivity contribution < 1.29 is 4.79 Å². The van der Waals surface area contributed by atoms with E-state index >= 15 is 0 Å². The van der Waals surface area contributed by atoms with Crippen molar-refractivity contribution in [1.29, 1.82) is 0 Å². The fraction of sp³-hybridized carbons (Fsp3) is 0.269. The highest BCUT2D eigenvalue weighted by molar-refractivity contribution is 6.33. The Morgan fingerprint density at radius 1 is 1.00 bits per heavy atom. The molecule has 9 heteroatoms. The highest BCUT2D eigenvalue weighted by Gasteiger charge is 2.43. The number of anilines is 1. The molecule has 0 saturated carbocycles. The van der Waals surface area contributed by atoms with Crippen LogP contribution < -0.4 is 5.32 Å². The number of nitrogens with zero attached hydrogens (tertiary/aromatic N) is 5. The number of amides is 2. The van der Waals surface area contributed by atoms with Crippen LogP contribution in [0.5, 0.6) is 0 Å². The fourth-order valence-electron chi connectivity index (χ4n) is 5.33. The van der Waals surface area contributed by atoms with E-state index in [0.717, 1.165) is 49.4 Å². The minimum atomic E-state index is -0.0777. The molecule has 2 aromatic carbocycles. The Balaban J connectivity index is 1.24. The van der Waals surface area contributed by atoms with Crippen LogP contribution in [0.25, 0.3) is 17.0 Å². The molecule has 2 aliphatic rings. The van der Waals surface area contributed by atoms with Crippen molar-refractivity contribution >= 4 is 40.7 Å². The summed E-state index contributed by atoms with van der Waals surface area (Å²) >= 11 is 12.4. The first kappa shape index (κ1) is 22.3. The van der Waals surface area contributed by atoms with Gasteiger partial charge in [0.15, 0.2) is 0 Å². The molecular formula is C26H24Cl2N6O. The molecule has 0 radical (unpaired) electrons. The summed E-state index contributed by atoms with van der Waals surface area (Å²) in [6.45, 7) is 2.33. The second-order valence-electron chi connectivity index (χ2n) is 9.10. The van der Waals surface area contributed by atoms with E-state index in [9.17, 15) is 4.79 Å². The van der Waals surface area contributed by atoms with Gasteiger partial charge in [-0.25, -0.2) is 14.8 Å². The molecule has 2 aliphatic heterocycles. The van der Waals surface area contributed by atoms with Gasteiger partial charge in [-0.05, 0) is 43.2 Å². The van der Waals surface area contributed by atoms with E-state index in [4.69, 9.17) is 28.2 Å². The molecule has 0 aliphatic carbocycles. The molecule has 4 aromatic rings. The summed E-state index contributed by atoms with van der Waals surface area (Å²) in [7, 11) is 0. The molecule has 7 nitrogen and oxygen atoms in total. The van der Waals surface area contributed by atoms with E-state index in [-0.39, 0.29) is 18.1 Å². The maximum atomic E-state index is 13.2. The molecule has 2 bridgehead atoms. The van der Waals surface area contributed by atoms with Crippen molar-refractivity contribution in [2.75, 3.05) is 18.4 Å². The smallest absolute Gasteiger partial charge is 0.316 e. The third-order valence-electron chi connectivity index (χ3n) is 6.90. The maximum absolute atomic E-state index is 13.2. The number of imidazole rings is 1. The molecule has 4 heterocycles. The van der Waals surface area contributed by atoms with Crippen LogP contribution in [0.15, 0.2) is 67.0 Å². The number of aromatic nitrogens is 3. The lowest BCUT2D eigenvalue weighted by Gasteiger charge is -2.41. The first-order chi connectivity index (χ1) is 17.1. The Labute approximate surface area is 213 Å². The number of halogens is 2. The summed E-state index contributed by atoms with van der Waals surface area (Å²) < 4.78 is 2.06. The van der Waals surface area contributed by atoms with Crippen molar-refractivity contribution in [3.63, 3.8) is 0 Å². The molecule has 35 heavy (non-hydrogen) atoms. The van der Waals surface area contributed by atoms with Gasteiger partial charge in [0.1, 0.15) is 0 Å². The van der Waals surface area contributed by atoms with Crippen LogP contribution in [0.2, 0.25) is 10.0 Å². The minimum Gasteiger partial charge on any atom is -0.316 e. The van der Waals surface area contributed by atoms with Crippen molar-refractivity contribution in [2.24, 2.45) is 0 Å². The lowest BCUT2D eigenvalue weighted by molar-refractivity contribution is 0.0894. The largest absolute Gasteiger partial charge is 0.322 e. The topological polar surface area (TPSA) is 65.8 Å². The predicted octanol–water partition coefficient (Wildman–Crippen LogP) is 5.58. The van der Waals surface area contributed by atoms with Crippen LogP contribution in [0, 0.1) is 0 Å². The van der Waals surface area contributed by atoms with E-state index in [1.165, 1.54) is 0 Å². The zero-order valence-electron chi connectivity index (χ0n) is 18.9. The van der Waals surface area contributed by atoms with Gasteiger partial charge >= 0.3 is 6.03 Å². The third-order valence-corrected chi connectivity index (χ3v) is 7.48. The number of hydrogen-bond donors (Lipinski definition) is 1. The number of carbonyl (C=O) groups excluding carboxylic acids is 1. The summed E-state index contributed by atoms with van der Waals surface area (Å²) in [6, 6.07) is 17.3. The third kappa shape index (κ3) is 4.24. The Kier molecular flexibility index (Phi) is 5.84. The number of fused-ring (bicyclic) bond motifs is 3. The molecule has 178 valence electrons. The highest BCUT2D eigenvalue weighted by Crippen LogP contribution is 2.34. The summed E-state index contributed by atoms with van der Waals surface area (Å²) in [5.74, 6) is 0.674. The molecule has 2 unspecified atom stereocenters. The van der Waals surface area contributed by atoms with E-state index in [2.05, 4.69) is 19.6 Å². The molecule has 2 atom stereocenters. The zero-order chi connectivity index (χ0) is 23.9. The summed E-state index contributed by atoms with van der Waals surface area (Å²) in [6.07, 6.45) is 5.76. The average Bonchev–Trinajstić information content (AvgIpc) is 3.35. The maximum Gasteiger partial charge on any atom is 0.322 e. The minimum absolute atomic E-state index is 0.0777. The Bertz CT molecular complexity index is 1370. The van der Waals surface area contributed by atoms with Gasteiger partial charge in [0.05, 0.1) is 22.1 Å². The van der Waals surface area contributed by atoms with Crippen LogP contribution in [0.1, 0.15) is 18.5 Å². The van der Waals surface area contributed by atoms with Crippen molar-refractivity contribution in [3.8, 4) is 11.3 Å². The Hall–Kier alpha value is -3.13. The van der Waals surface area contributed by atoms with Crippen LogP contribution in [-0.2, 0) is 6.54 Å². The van der Waals surface area contributed by atoms with Gasteiger partial charge < -0.3 is 10.2 Å². The Morgan fingerprint density at radius 2 is 1.74 bits per heavy atom. The van der Waals surface area contributed by atoms with Crippen LogP contribution in [-0.4, -0.2) is 55.4 Å². The number of likely N-dealkylation sites (tertiary alicyclic amines) is 1. The first-order valence-corrected chi connectivity index (χ1v) is 12.5. The SMILES string of the molecule is O=C(Nc1ccccc1Cl)N1C2CCC1CN(Cc1c(-c3ccc(Cl)cc3)nc3ncccn13)C2. The molecule has 2 amide bonds. The number of rotatable bonds is 4. The monoisotopic (exact) mass is 506 g/mol. The van der Waals surface area contributed by atoms with E-state index in [1.807, 2.05) is 59.6 Å². The van der Waals surface area contributed by atoms with Crippen molar-refractivity contribution in [1.82, 2.24) is 24.2 Å². The second kappa shape index (κ2) is 9.15. The van der Waals surface area contributed by atoms with Gasteiger partial charge in [-0.15, -0.1) is 0 Å². The molecule has 2 aromatic heterocycles. The van der Waals surface area contributed by atoms with Gasteiger partial charge in [0, 0.05) is 54.7 Å². The number of carbonyl (C=O) groups is 1. The van der Waals surface area contributed by atoms with Crippen molar-refractivity contribution in [2.45, 2.75) is 31.5 Å². The number of urea groups is 1. The van der Waals surface area contributed by atoms with Crippen LogP contribution in [0.4, 0.5) is 10.5 Å². The highest BCUT2D eigenvalue weighted by atomic mass is 35.5. The fourth-order valence-corrected chi connectivity index (χ4v) is 5.64. The van der Waals surface area contributed by atoms with Gasteiger partial charge in [-0.2, -0.15) is 0 Å². The first-order valence-electron chi connectivity index (χ1n) is 11.7. The van der Waals surface area contributed by atoms with Crippen LogP contribution in [0.3, 0.4) is 0 Å². The molecule has 6 rings (SSSR count). The molecular weight excluding hydrogens is 483 g/mol. The summed E-state index contributed by atoms with van der Waals surface area (Å²) in [5.41, 5.74) is 3.65. The second-order valence-corrected chi connectivity index (χ2v) is 9.94. The average molecular weight is 507 g/mol. The molecule has 0 spiro atoms. The van der Waals surface area contributed by atoms with Gasteiger partial charge in [0.2, 0.25) is 5.78 Å². The number of benzene rings is 2. The predicted molar refractivity (Wildman–Crippen MR) is 138 cm³/mol. The van der Waals surface area contributed by atoms with E-state index in [0.29, 0.717) is 21.5 Å². The molecule has 2 saturated heterocycles. The van der Waals surface area contributed by atoms with Gasteiger partial charge in [0.25, 0.3) is 0 Å².